The molecule has 5 heteroatoms. The molecule has 3 nitrogen and oxygen atoms in total. The van der Waals surface area contributed by atoms with Gasteiger partial charge in [-0.2, -0.15) is 0 Å². The monoisotopic (exact) mass is 198 g/mol. The number of hydrazine groups is 1. The third kappa shape index (κ3) is 3.62. The molecule has 0 fully saturated rings. The Balaban J connectivity index is 2.59. The molecule has 0 saturated heterocycles. The molecule has 0 aliphatic heterocycles. The van der Waals surface area contributed by atoms with Crippen molar-refractivity contribution in [2.45, 2.75) is 0 Å². The second kappa shape index (κ2) is 4.51. The van der Waals surface area contributed by atoms with Gasteiger partial charge in [0.2, 0.25) is 5.11 Å². The van der Waals surface area contributed by atoms with Gasteiger partial charge in [-0.05, 0) is 36.5 Å². The Bertz CT molecular complexity index is 321. The number of thiocarbonyl (C=S) groups is 1. The average molecular weight is 198 g/mol. The molecule has 13 heavy (non-hydrogen) atoms. The molecule has 0 aromatic heterocycles. The first-order valence-corrected chi connectivity index (χ1v) is 3.99. The number of hydrogen-bond acceptors (Lipinski definition) is 1. The molecule has 0 heterocycles. The fraction of sp³-hybridized carbons (Fsp3) is 0. The first-order valence-electron chi connectivity index (χ1n) is 3.58. The third-order valence-electron chi connectivity index (χ3n) is 1.30. The topological polar surface area (TPSA) is 52.0 Å². The second-order valence-electron chi connectivity index (χ2n) is 2.33. The highest BCUT2D eigenvalue weighted by Gasteiger charge is 1.92. The van der Waals surface area contributed by atoms with Crippen molar-refractivity contribution in [3.63, 3.8) is 0 Å². The van der Waals surface area contributed by atoms with Crippen LogP contribution in [0.15, 0.2) is 24.3 Å². The van der Waals surface area contributed by atoms with E-state index in [1.807, 2.05) is 0 Å². The van der Waals surface area contributed by atoms with Crippen LogP contribution in [-0.4, -0.2) is 11.3 Å². The molecule has 0 bridgehead atoms. The van der Waals surface area contributed by atoms with Crippen LogP contribution in [0.1, 0.15) is 5.56 Å². The van der Waals surface area contributed by atoms with Crippen molar-refractivity contribution in [3.05, 3.63) is 35.6 Å². The number of hydrogen-bond donors (Lipinski definition) is 3. The van der Waals surface area contributed by atoms with Crippen LogP contribution in [0.5, 0.6) is 0 Å². The highest BCUT2D eigenvalue weighted by Crippen LogP contribution is 1.97. The van der Waals surface area contributed by atoms with Crippen molar-refractivity contribution in [2.75, 3.05) is 0 Å². The summed E-state index contributed by atoms with van der Waals surface area (Å²) in [5.41, 5.74) is 8.50. The molecule has 0 saturated carbocycles. The predicted molar refractivity (Wildman–Crippen MR) is 52.4 cm³/mol. The van der Waals surface area contributed by atoms with Gasteiger partial charge in [0.05, 0.1) is 0 Å². The van der Waals surface area contributed by atoms with E-state index < -0.39 is 0 Å². The average Bonchev–Trinajstić information content (AvgIpc) is 2.08. The number of nitrogens with two attached hydrogens (primary N) is 1. The molecule has 0 aliphatic carbocycles. The smallest absolute Gasteiger partial charge is 0.221 e. The van der Waals surface area contributed by atoms with Crippen molar-refractivity contribution in [3.8, 4) is 0 Å². The van der Waals surface area contributed by atoms with E-state index in [2.05, 4.69) is 22.7 Å². The van der Waals surface area contributed by atoms with E-state index in [-0.39, 0.29) is 10.9 Å². The Morgan fingerprint density at radius 1 is 1.46 bits per heavy atom. The molecule has 0 spiro atoms. The molecule has 0 radical (unpaired) electrons. The highest BCUT2D eigenvalue weighted by molar-refractivity contribution is 7.80. The highest BCUT2D eigenvalue weighted by atomic mass is 32.1. The summed E-state index contributed by atoms with van der Waals surface area (Å²) in [5, 5.41) is 2.81. The van der Waals surface area contributed by atoms with Crippen LogP contribution < -0.4 is 16.3 Å². The van der Waals surface area contributed by atoms with Crippen LogP contribution >= 0.6 is 12.2 Å². The Kier molecular flexibility index (Phi) is 3.33. The fourth-order valence-electron chi connectivity index (χ4n) is 0.750. The maximum atomic E-state index is 12.4. The van der Waals surface area contributed by atoms with Crippen molar-refractivity contribution in [2.24, 2.45) is 5.73 Å². The zero-order valence-corrected chi connectivity index (χ0v) is 7.57. The van der Waals surface area contributed by atoms with Gasteiger partial charge in [0.1, 0.15) is 5.82 Å². The van der Waals surface area contributed by atoms with E-state index in [1.165, 1.54) is 12.1 Å². The van der Waals surface area contributed by atoms with E-state index >= 15 is 0 Å². The summed E-state index contributed by atoms with van der Waals surface area (Å²) < 4.78 is 12.4. The summed E-state index contributed by atoms with van der Waals surface area (Å²) in [6, 6.07) is 6.00. The molecular weight excluding hydrogens is 189 g/mol. The summed E-state index contributed by atoms with van der Waals surface area (Å²) in [4.78, 5) is 0. The quantitative estimate of drug-likeness (QED) is 0.327. The van der Waals surface area contributed by atoms with E-state index in [4.69, 9.17) is 5.73 Å². The van der Waals surface area contributed by atoms with Gasteiger partial charge in [0.25, 0.3) is 0 Å². The zero-order chi connectivity index (χ0) is 9.68. The Morgan fingerprint density at radius 2 is 2.08 bits per heavy atom. The molecule has 0 atom stereocenters. The predicted octanol–water partition coefficient (Wildman–Crippen LogP) is -0.927. The summed E-state index contributed by atoms with van der Waals surface area (Å²) >= 11 is 4.56. The van der Waals surface area contributed by atoms with E-state index in [0.29, 0.717) is 0 Å². The van der Waals surface area contributed by atoms with Gasteiger partial charge in [-0.3, -0.25) is 0 Å². The van der Waals surface area contributed by atoms with E-state index in [1.54, 1.807) is 18.3 Å². The Labute approximate surface area is 80.4 Å². The van der Waals surface area contributed by atoms with Gasteiger partial charge in [0, 0.05) is 5.56 Å². The number of hydrazone groups is 1. The lowest BCUT2D eigenvalue weighted by molar-refractivity contribution is -0.499. The van der Waals surface area contributed by atoms with Gasteiger partial charge in [-0.15, -0.1) is 10.5 Å². The SMILES string of the molecule is NC(=S)N[NH+]=Cc1ccc(F)cc1. The van der Waals surface area contributed by atoms with Crippen LogP contribution in [0.2, 0.25) is 0 Å². The van der Waals surface area contributed by atoms with Gasteiger partial charge < -0.3 is 5.73 Å². The molecule has 0 aliphatic rings. The second-order valence-corrected chi connectivity index (χ2v) is 2.77. The fourth-order valence-corrected chi connectivity index (χ4v) is 0.808. The molecule has 68 valence electrons. The van der Waals surface area contributed by atoms with Crippen molar-refractivity contribution in [1.29, 1.82) is 0 Å². The van der Waals surface area contributed by atoms with Crippen molar-refractivity contribution >= 4 is 23.5 Å². The van der Waals surface area contributed by atoms with Crippen molar-refractivity contribution < 1.29 is 9.49 Å². The lowest BCUT2D eigenvalue weighted by Crippen LogP contribution is -2.82. The largest absolute Gasteiger partial charge is 0.372 e. The lowest BCUT2D eigenvalue weighted by atomic mass is 10.2. The standard InChI is InChI=1S/C8H8FN3S/c9-7-3-1-6(2-4-7)5-11-12-8(10)13/h1-5H,(H3,10,12,13)/p+1. The first-order chi connectivity index (χ1) is 6.18. The van der Waals surface area contributed by atoms with Gasteiger partial charge >= 0.3 is 0 Å². The summed E-state index contributed by atoms with van der Waals surface area (Å²) in [7, 11) is 0. The molecule has 4 N–H and O–H groups in total. The van der Waals surface area contributed by atoms with Crippen molar-refractivity contribution in [1.82, 2.24) is 5.43 Å². The first kappa shape index (κ1) is 9.60. The van der Waals surface area contributed by atoms with Crippen LogP contribution in [-0.2, 0) is 0 Å². The van der Waals surface area contributed by atoms with Crippen LogP contribution in [0.4, 0.5) is 4.39 Å². The molecule has 1 rings (SSSR count). The molecule has 1 aromatic rings. The number of benzene rings is 1. The van der Waals surface area contributed by atoms with Crippen LogP contribution in [0.25, 0.3) is 0 Å². The normalized spacial score (nSPS) is 10.2. The Morgan fingerprint density at radius 3 is 2.62 bits per heavy atom. The van der Waals surface area contributed by atoms with E-state index in [0.717, 1.165) is 5.56 Å². The summed E-state index contributed by atoms with van der Waals surface area (Å²) in [6.45, 7) is 0. The van der Waals surface area contributed by atoms with E-state index in [9.17, 15) is 4.39 Å². The number of rotatable bonds is 2. The van der Waals surface area contributed by atoms with Crippen LogP contribution in [0.3, 0.4) is 0 Å². The Hall–Kier alpha value is -1.49. The van der Waals surface area contributed by atoms with Gasteiger partial charge in [-0.25, -0.2) is 4.39 Å². The minimum Gasteiger partial charge on any atom is -0.372 e. The molecule has 0 amide bonds. The molecular formula is C8H9FN3S+. The zero-order valence-electron chi connectivity index (χ0n) is 6.75. The summed E-state index contributed by atoms with van der Waals surface area (Å²) in [6.07, 6.45) is 1.62. The molecule has 1 aromatic carbocycles. The minimum atomic E-state index is -0.264. The lowest BCUT2D eigenvalue weighted by Gasteiger charge is -1.89. The number of halogens is 1. The number of nitrogens with one attached hydrogen (secondary N) is 2. The van der Waals surface area contributed by atoms with Gasteiger partial charge in [0.15, 0.2) is 6.21 Å². The third-order valence-corrected chi connectivity index (χ3v) is 1.41. The maximum Gasteiger partial charge on any atom is 0.221 e. The summed E-state index contributed by atoms with van der Waals surface area (Å²) in [5.74, 6) is -0.264. The van der Waals surface area contributed by atoms with Gasteiger partial charge in [-0.1, -0.05) is 0 Å². The van der Waals surface area contributed by atoms with Crippen LogP contribution in [0, 0.1) is 5.82 Å². The minimum absolute atomic E-state index is 0.151. The molecule has 0 unspecified atom stereocenters. The maximum absolute atomic E-state index is 12.4.